The average Bonchev–Trinajstić information content (AvgIpc) is 2.93. The van der Waals surface area contributed by atoms with Crippen molar-refractivity contribution in [3.8, 4) is 0 Å². The van der Waals surface area contributed by atoms with Crippen molar-refractivity contribution >= 4 is 21.4 Å². The highest BCUT2D eigenvalue weighted by molar-refractivity contribution is 7.92. The van der Waals surface area contributed by atoms with Crippen LogP contribution in [0.25, 0.3) is 5.65 Å². The number of hydrogen-bond acceptors (Lipinski definition) is 4. The number of fused-ring (bicyclic) bond motifs is 1. The number of halogens is 3. The van der Waals surface area contributed by atoms with Gasteiger partial charge in [-0.3, -0.25) is 4.72 Å². The first kappa shape index (κ1) is 15.3. The zero-order chi connectivity index (χ0) is 16.7. The molecule has 23 heavy (non-hydrogen) atoms. The van der Waals surface area contributed by atoms with E-state index in [0.717, 1.165) is 12.1 Å². The highest BCUT2D eigenvalue weighted by Crippen LogP contribution is 2.30. The third kappa shape index (κ3) is 3.11. The zero-order valence-corrected chi connectivity index (χ0v) is 12.1. The van der Waals surface area contributed by atoms with Gasteiger partial charge in [-0.05, 0) is 24.3 Å². The van der Waals surface area contributed by atoms with Gasteiger partial charge in [0.25, 0.3) is 10.0 Å². The van der Waals surface area contributed by atoms with Crippen LogP contribution in [0.15, 0.2) is 53.8 Å². The summed E-state index contributed by atoms with van der Waals surface area (Å²) >= 11 is 0. The minimum atomic E-state index is -4.52. The van der Waals surface area contributed by atoms with E-state index in [-0.39, 0.29) is 10.6 Å². The van der Waals surface area contributed by atoms with E-state index in [1.807, 2.05) is 0 Å². The lowest BCUT2D eigenvalue weighted by atomic mass is 10.2. The van der Waals surface area contributed by atoms with Crippen molar-refractivity contribution in [2.75, 3.05) is 4.72 Å². The predicted octanol–water partition coefficient (Wildman–Crippen LogP) is 2.55. The fourth-order valence-electron chi connectivity index (χ4n) is 1.90. The van der Waals surface area contributed by atoms with Gasteiger partial charge in [0.15, 0.2) is 5.65 Å². The molecule has 0 saturated heterocycles. The summed E-state index contributed by atoms with van der Waals surface area (Å²) in [7, 11) is -4.03. The molecule has 1 aromatic carbocycles. The van der Waals surface area contributed by atoms with Gasteiger partial charge < -0.3 is 0 Å². The van der Waals surface area contributed by atoms with Gasteiger partial charge in [0.05, 0.1) is 34.7 Å². The SMILES string of the molecule is O=S(=O)(Nc1cnc2ccnn2c1)c1ccc(C(F)(F)F)cc1. The Labute approximate surface area is 128 Å². The second kappa shape index (κ2) is 5.23. The Kier molecular flexibility index (Phi) is 3.48. The van der Waals surface area contributed by atoms with Crippen molar-refractivity contribution in [2.45, 2.75) is 11.1 Å². The average molecular weight is 342 g/mol. The molecule has 3 aromatic rings. The number of nitrogens with zero attached hydrogens (tertiary/aromatic N) is 3. The fraction of sp³-hybridized carbons (Fsp3) is 0.0769. The van der Waals surface area contributed by atoms with Gasteiger partial charge in [0, 0.05) is 6.07 Å². The van der Waals surface area contributed by atoms with E-state index in [0.29, 0.717) is 17.8 Å². The van der Waals surface area contributed by atoms with Crippen molar-refractivity contribution in [1.82, 2.24) is 14.6 Å². The molecule has 0 saturated carbocycles. The Balaban J connectivity index is 1.88. The third-order valence-electron chi connectivity index (χ3n) is 2.99. The van der Waals surface area contributed by atoms with Crippen molar-refractivity contribution < 1.29 is 21.6 Å². The zero-order valence-electron chi connectivity index (χ0n) is 11.3. The monoisotopic (exact) mass is 342 g/mol. The van der Waals surface area contributed by atoms with E-state index in [2.05, 4.69) is 14.8 Å². The summed E-state index contributed by atoms with van der Waals surface area (Å²) in [4.78, 5) is 3.70. The van der Waals surface area contributed by atoms with Crippen LogP contribution >= 0.6 is 0 Å². The van der Waals surface area contributed by atoms with E-state index < -0.39 is 21.8 Å². The largest absolute Gasteiger partial charge is 0.416 e. The van der Waals surface area contributed by atoms with Gasteiger partial charge in [-0.25, -0.2) is 17.9 Å². The van der Waals surface area contributed by atoms with Crippen LogP contribution < -0.4 is 4.72 Å². The number of hydrogen-bond donors (Lipinski definition) is 1. The molecule has 0 aliphatic carbocycles. The molecule has 1 N–H and O–H groups in total. The molecule has 0 aliphatic heterocycles. The minimum Gasteiger partial charge on any atom is -0.276 e. The van der Waals surface area contributed by atoms with Crippen LogP contribution in [-0.4, -0.2) is 23.0 Å². The first-order valence-corrected chi connectivity index (χ1v) is 7.73. The lowest BCUT2D eigenvalue weighted by Crippen LogP contribution is -2.14. The maximum atomic E-state index is 12.5. The van der Waals surface area contributed by atoms with Crippen molar-refractivity contribution in [1.29, 1.82) is 0 Å². The third-order valence-corrected chi connectivity index (χ3v) is 4.39. The molecule has 0 bridgehead atoms. The molecule has 10 heteroatoms. The number of anilines is 1. The van der Waals surface area contributed by atoms with Crippen LogP contribution in [0.5, 0.6) is 0 Å². The molecule has 2 heterocycles. The quantitative estimate of drug-likeness (QED) is 0.794. The van der Waals surface area contributed by atoms with Crippen LogP contribution in [0.4, 0.5) is 18.9 Å². The molecule has 3 rings (SSSR count). The maximum Gasteiger partial charge on any atom is 0.416 e. The molecule has 0 spiro atoms. The molecule has 120 valence electrons. The molecule has 6 nitrogen and oxygen atoms in total. The maximum absolute atomic E-state index is 12.5. The molecule has 0 amide bonds. The van der Waals surface area contributed by atoms with Crippen LogP contribution in [0.1, 0.15) is 5.56 Å². The van der Waals surface area contributed by atoms with E-state index in [1.54, 1.807) is 6.07 Å². The topological polar surface area (TPSA) is 76.4 Å². The van der Waals surface area contributed by atoms with Gasteiger partial charge in [-0.2, -0.15) is 18.3 Å². The number of nitrogens with one attached hydrogen (secondary N) is 1. The van der Waals surface area contributed by atoms with E-state index >= 15 is 0 Å². The summed E-state index contributed by atoms with van der Waals surface area (Å²) < 4.78 is 65.5. The first-order chi connectivity index (χ1) is 10.8. The Morgan fingerprint density at radius 1 is 1.09 bits per heavy atom. The Morgan fingerprint density at radius 2 is 1.78 bits per heavy atom. The lowest BCUT2D eigenvalue weighted by molar-refractivity contribution is -0.137. The van der Waals surface area contributed by atoms with Crippen molar-refractivity contribution in [2.24, 2.45) is 0 Å². The van der Waals surface area contributed by atoms with E-state index in [1.165, 1.54) is 23.1 Å². The number of benzene rings is 1. The second-order valence-electron chi connectivity index (χ2n) is 4.60. The summed E-state index contributed by atoms with van der Waals surface area (Å²) in [5, 5.41) is 3.92. The van der Waals surface area contributed by atoms with E-state index in [9.17, 15) is 21.6 Å². The molecular weight excluding hydrogens is 333 g/mol. The fourth-order valence-corrected chi connectivity index (χ4v) is 2.93. The normalized spacial score (nSPS) is 12.5. The summed E-state index contributed by atoms with van der Waals surface area (Å²) in [6.07, 6.45) is -0.330. The molecule has 0 radical (unpaired) electrons. The standard InChI is InChI=1S/C13H9F3N4O2S/c14-13(15,16)9-1-3-11(4-2-9)23(21,22)19-10-7-17-12-5-6-18-20(12)8-10/h1-8,19H. The van der Waals surface area contributed by atoms with Gasteiger partial charge in [0.2, 0.25) is 0 Å². The summed E-state index contributed by atoms with van der Waals surface area (Å²) in [5.74, 6) is 0. The number of sulfonamides is 1. The van der Waals surface area contributed by atoms with Gasteiger partial charge in [-0.1, -0.05) is 0 Å². The predicted molar refractivity (Wildman–Crippen MR) is 75.2 cm³/mol. The Morgan fingerprint density at radius 3 is 2.43 bits per heavy atom. The van der Waals surface area contributed by atoms with Crippen LogP contribution in [0.3, 0.4) is 0 Å². The van der Waals surface area contributed by atoms with Crippen molar-refractivity contribution in [3.05, 3.63) is 54.5 Å². The lowest BCUT2D eigenvalue weighted by Gasteiger charge is -2.10. The van der Waals surface area contributed by atoms with Gasteiger partial charge in [0.1, 0.15) is 0 Å². The summed E-state index contributed by atoms with van der Waals surface area (Å²) in [6, 6.07) is 4.84. The number of rotatable bonds is 3. The van der Waals surface area contributed by atoms with Crippen LogP contribution in [0, 0.1) is 0 Å². The highest BCUT2D eigenvalue weighted by Gasteiger charge is 2.30. The summed E-state index contributed by atoms with van der Waals surface area (Å²) in [6.45, 7) is 0. The van der Waals surface area contributed by atoms with Crippen LogP contribution in [-0.2, 0) is 16.2 Å². The Hall–Kier alpha value is -2.62. The smallest absolute Gasteiger partial charge is 0.276 e. The Bertz CT molecular complexity index is 949. The molecule has 0 atom stereocenters. The minimum absolute atomic E-state index is 0.140. The number of aromatic nitrogens is 3. The number of alkyl halides is 3. The second-order valence-corrected chi connectivity index (χ2v) is 6.29. The molecule has 0 fully saturated rings. The van der Waals surface area contributed by atoms with E-state index in [4.69, 9.17) is 0 Å². The van der Waals surface area contributed by atoms with Crippen LogP contribution in [0.2, 0.25) is 0 Å². The first-order valence-electron chi connectivity index (χ1n) is 6.25. The molecule has 2 aromatic heterocycles. The molecular formula is C13H9F3N4O2S. The van der Waals surface area contributed by atoms with Gasteiger partial charge >= 0.3 is 6.18 Å². The van der Waals surface area contributed by atoms with Gasteiger partial charge in [-0.15, -0.1) is 0 Å². The summed E-state index contributed by atoms with van der Waals surface area (Å²) in [5.41, 5.74) is -0.250. The molecule has 0 unspecified atom stereocenters. The molecule has 0 aliphatic rings. The highest BCUT2D eigenvalue weighted by atomic mass is 32.2. The van der Waals surface area contributed by atoms with Crippen molar-refractivity contribution in [3.63, 3.8) is 0 Å².